The fourth-order valence-corrected chi connectivity index (χ4v) is 3.13. The summed E-state index contributed by atoms with van der Waals surface area (Å²) in [4.78, 5) is 2.35. The Morgan fingerprint density at radius 3 is 2.50 bits per heavy atom. The van der Waals surface area contributed by atoms with Crippen LogP contribution in [0.25, 0.3) is 0 Å². The fourth-order valence-electron chi connectivity index (χ4n) is 3.13. The molecule has 2 aromatic carbocycles. The van der Waals surface area contributed by atoms with Crippen LogP contribution in [0.5, 0.6) is 5.75 Å². The Labute approximate surface area is 132 Å². The number of hydrogen-bond donors (Lipinski definition) is 1. The summed E-state index contributed by atoms with van der Waals surface area (Å²) in [6.45, 7) is 5.51. The van der Waals surface area contributed by atoms with Crippen molar-refractivity contribution in [2.45, 2.75) is 38.6 Å². The molecule has 0 radical (unpaired) electrons. The van der Waals surface area contributed by atoms with E-state index in [0.29, 0.717) is 12.6 Å². The van der Waals surface area contributed by atoms with Crippen molar-refractivity contribution in [2.75, 3.05) is 6.61 Å². The van der Waals surface area contributed by atoms with Gasteiger partial charge in [0.25, 0.3) is 0 Å². The quantitative estimate of drug-likeness (QED) is 0.939. The van der Waals surface area contributed by atoms with Gasteiger partial charge in [-0.05, 0) is 25.5 Å². The molecule has 0 amide bonds. The van der Waals surface area contributed by atoms with Gasteiger partial charge in [0.05, 0.1) is 6.04 Å². The van der Waals surface area contributed by atoms with Crippen molar-refractivity contribution < 1.29 is 9.84 Å². The zero-order chi connectivity index (χ0) is 15.5. The monoisotopic (exact) mass is 297 g/mol. The van der Waals surface area contributed by atoms with E-state index < -0.39 is 6.10 Å². The van der Waals surface area contributed by atoms with Crippen LogP contribution in [0.2, 0.25) is 0 Å². The van der Waals surface area contributed by atoms with E-state index in [9.17, 15) is 5.11 Å². The molecule has 2 aromatic rings. The first-order chi connectivity index (χ1) is 10.7. The van der Waals surface area contributed by atoms with Crippen LogP contribution < -0.4 is 4.74 Å². The average Bonchev–Trinajstić information content (AvgIpc) is 2.54. The van der Waals surface area contributed by atoms with Gasteiger partial charge in [-0.25, -0.2) is 0 Å². The summed E-state index contributed by atoms with van der Waals surface area (Å²) >= 11 is 0. The van der Waals surface area contributed by atoms with E-state index in [0.717, 1.165) is 17.9 Å². The summed E-state index contributed by atoms with van der Waals surface area (Å²) in [7, 11) is 0. The lowest BCUT2D eigenvalue weighted by Gasteiger charge is -2.41. The van der Waals surface area contributed by atoms with Gasteiger partial charge in [0.2, 0.25) is 0 Å². The van der Waals surface area contributed by atoms with Crippen molar-refractivity contribution in [1.82, 2.24) is 4.90 Å². The van der Waals surface area contributed by atoms with E-state index in [1.165, 1.54) is 5.56 Å². The molecule has 0 saturated carbocycles. The van der Waals surface area contributed by atoms with E-state index in [4.69, 9.17) is 4.74 Å². The lowest BCUT2D eigenvalue weighted by atomic mass is 9.95. The third kappa shape index (κ3) is 3.01. The second-order valence-electron chi connectivity index (χ2n) is 6.11. The molecule has 1 heterocycles. The number of ether oxygens (including phenoxy) is 1. The second kappa shape index (κ2) is 6.51. The van der Waals surface area contributed by atoms with Crippen LogP contribution in [0.1, 0.15) is 31.0 Å². The molecule has 0 fully saturated rings. The second-order valence-corrected chi connectivity index (χ2v) is 6.11. The smallest absolute Gasteiger partial charge is 0.124 e. The number of aliphatic hydroxyl groups is 1. The Morgan fingerprint density at radius 1 is 1.09 bits per heavy atom. The van der Waals surface area contributed by atoms with Crippen LogP contribution in [-0.2, 0) is 6.54 Å². The summed E-state index contributed by atoms with van der Waals surface area (Å²) in [5, 5.41) is 10.5. The summed E-state index contributed by atoms with van der Waals surface area (Å²) < 4.78 is 5.67. The molecule has 3 heteroatoms. The van der Waals surface area contributed by atoms with Gasteiger partial charge in [0, 0.05) is 18.2 Å². The molecule has 0 aromatic heterocycles. The third-order valence-corrected chi connectivity index (χ3v) is 4.24. The van der Waals surface area contributed by atoms with E-state index in [2.05, 4.69) is 49.1 Å². The number of fused-ring (bicyclic) bond motifs is 1. The highest BCUT2D eigenvalue weighted by Gasteiger charge is 2.35. The first-order valence-corrected chi connectivity index (χ1v) is 7.86. The average molecular weight is 297 g/mol. The minimum Gasteiger partial charge on any atom is -0.490 e. The zero-order valence-electron chi connectivity index (χ0n) is 13.1. The predicted octanol–water partition coefficient (Wildman–Crippen LogP) is 3.39. The van der Waals surface area contributed by atoms with Crippen molar-refractivity contribution in [3.8, 4) is 5.75 Å². The van der Waals surface area contributed by atoms with Gasteiger partial charge in [-0.3, -0.25) is 4.90 Å². The maximum atomic E-state index is 10.5. The Balaban J connectivity index is 1.94. The van der Waals surface area contributed by atoms with Crippen LogP contribution >= 0.6 is 0 Å². The molecular formula is C19H23NO2. The van der Waals surface area contributed by atoms with Gasteiger partial charge in [-0.15, -0.1) is 0 Å². The third-order valence-electron chi connectivity index (χ3n) is 4.24. The molecule has 3 nitrogen and oxygen atoms in total. The number of aliphatic hydroxyl groups excluding tert-OH is 1. The normalized spacial score (nSPS) is 20.8. The SMILES string of the molecule is CC(C)N(Cc1ccccc1)C1c2ccccc2OCC1O. The van der Waals surface area contributed by atoms with Gasteiger partial charge in [0.15, 0.2) is 0 Å². The maximum absolute atomic E-state index is 10.5. The topological polar surface area (TPSA) is 32.7 Å². The Hall–Kier alpha value is -1.84. The van der Waals surface area contributed by atoms with E-state index in [1.54, 1.807) is 0 Å². The van der Waals surface area contributed by atoms with Crippen molar-refractivity contribution in [3.63, 3.8) is 0 Å². The predicted molar refractivity (Wildman–Crippen MR) is 87.8 cm³/mol. The van der Waals surface area contributed by atoms with Crippen LogP contribution in [-0.4, -0.2) is 28.8 Å². The summed E-state index contributed by atoms with van der Waals surface area (Å²) in [5.74, 6) is 0.886. The van der Waals surface area contributed by atoms with Crippen LogP contribution in [0.15, 0.2) is 54.6 Å². The molecule has 1 N–H and O–H groups in total. The highest BCUT2D eigenvalue weighted by atomic mass is 16.5. The summed E-state index contributed by atoms with van der Waals surface area (Å²) in [6.07, 6.45) is -0.513. The van der Waals surface area contributed by atoms with Crippen molar-refractivity contribution in [3.05, 3.63) is 65.7 Å². The molecule has 116 valence electrons. The fraction of sp³-hybridized carbons (Fsp3) is 0.368. The highest BCUT2D eigenvalue weighted by Crippen LogP contribution is 2.37. The van der Waals surface area contributed by atoms with Gasteiger partial charge < -0.3 is 9.84 Å². The van der Waals surface area contributed by atoms with Gasteiger partial charge >= 0.3 is 0 Å². The lowest BCUT2D eigenvalue weighted by Crippen LogP contribution is -2.44. The number of hydrogen-bond acceptors (Lipinski definition) is 3. The molecule has 0 aliphatic carbocycles. The molecule has 3 rings (SSSR count). The van der Waals surface area contributed by atoms with Gasteiger partial charge in [-0.1, -0.05) is 48.5 Å². The molecule has 2 atom stereocenters. The molecule has 22 heavy (non-hydrogen) atoms. The molecule has 0 saturated heterocycles. The van der Waals surface area contributed by atoms with Crippen LogP contribution in [0, 0.1) is 0 Å². The lowest BCUT2D eigenvalue weighted by molar-refractivity contribution is -0.0160. The van der Waals surface area contributed by atoms with E-state index in [-0.39, 0.29) is 6.04 Å². The Kier molecular flexibility index (Phi) is 4.46. The van der Waals surface area contributed by atoms with Crippen molar-refractivity contribution in [2.24, 2.45) is 0 Å². The van der Waals surface area contributed by atoms with E-state index >= 15 is 0 Å². The van der Waals surface area contributed by atoms with Crippen LogP contribution in [0.3, 0.4) is 0 Å². The largest absolute Gasteiger partial charge is 0.490 e. The first-order valence-electron chi connectivity index (χ1n) is 7.86. The molecular weight excluding hydrogens is 274 g/mol. The van der Waals surface area contributed by atoms with Gasteiger partial charge in [0.1, 0.15) is 18.5 Å². The molecule has 2 unspecified atom stereocenters. The number of para-hydroxylation sites is 1. The molecule has 1 aliphatic heterocycles. The summed E-state index contributed by atoms with van der Waals surface area (Å²) in [6, 6.07) is 18.7. The highest BCUT2D eigenvalue weighted by molar-refractivity contribution is 5.38. The number of nitrogens with zero attached hydrogens (tertiary/aromatic N) is 1. The standard InChI is InChI=1S/C19H23NO2/c1-14(2)20(12-15-8-4-3-5-9-15)19-16-10-6-7-11-18(16)22-13-17(19)21/h3-11,14,17,19,21H,12-13H2,1-2H3. The van der Waals surface area contributed by atoms with Crippen LogP contribution in [0.4, 0.5) is 0 Å². The molecule has 1 aliphatic rings. The maximum Gasteiger partial charge on any atom is 0.124 e. The zero-order valence-corrected chi connectivity index (χ0v) is 13.1. The Bertz CT molecular complexity index is 612. The molecule has 0 spiro atoms. The summed E-state index contributed by atoms with van der Waals surface area (Å²) in [5.41, 5.74) is 2.33. The Morgan fingerprint density at radius 2 is 1.77 bits per heavy atom. The first kappa shape index (κ1) is 15.1. The minimum absolute atomic E-state index is 0.0369. The molecule has 0 bridgehead atoms. The van der Waals surface area contributed by atoms with E-state index in [1.807, 2.05) is 24.3 Å². The number of benzene rings is 2. The van der Waals surface area contributed by atoms with Gasteiger partial charge in [-0.2, -0.15) is 0 Å². The number of rotatable bonds is 4. The van der Waals surface area contributed by atoms with Crippen molar-refractivity contribution >= 4 is 0 Å². The van der Waals surface area contributed by atoms with Crippen molar-refractivity contribution in [1.29, 1.82) is 0 Å². The minimum atomic E-state index is -0.513.